The van der Waals surface area contributed by atoms with Crippen molar-refractivity contribution in [2.24, 2.45) is 0 Å². The monoisotopic (exact) mass is 527 g/mol. The molecule has 0 unspecified atom stereocenters. The van der Waals surface area contributed by atoms with Crippen LogP contribution >= 0.6 is 0 Å². The minimum absolute atomic E-state index is 0.0130. The maximum atomic E-state index is 13.8. The molecule has 0 saturated carbocycles. The number of aldehydes is 1. The zero-order chi connectivity index (χ0) is 27.5. The molecule has 3 aromatic carbocycles. The first kappa shape index (κ1) is 26.2. The van der Waals surface area contributed by atoms with E-state index < -0.39 is 17.0 Å². The fourth-order valence-electron chi connectivity index (χ4n) is 5.23. The Morgan fingerprint density at radius 2 is 1.82 bits per heavy atom. The molecule has 39 heavy (non-hydrogen) atoms. The van der Waals surface area contributed by atoms with Crippen LogP contribution in [0.4, 0.5) is 5.69 Å². The number of fused-ring (bicyclic) bond motifs is 5. The Hall–Kier alpha value is -4.46. The highest BCUT2D eigenvalue weighted by Gasteiger charge is 2.31. The molecule has 0 amide bonds. The SMILES string of the molecule is C/C1=C\CC/C(C=O)=C\[C@H](OC(=O)c2cc3c(c4c2c([N+](=O)[O-])cc2ccccc24)OCO3)C/C(C)=C/CC1. The van der Waals surface area contributed by atoms with Gasteiger partial charge in [0.1, 0.15) is 12.4 Å². The average molecular weight is 528 g/mol. The smallest absolute Gasteiger partial charge is 0.339 e. The summed E-state index contributed by atoms with van der Waals surface area (Å²) in [4.78, 5) is 37.3. The van der Waals surface area contributed by atoms with Crippen LogP contribution in [0.25, 0.3) is 21.5 Å². The highest BCUT2D eigenvalue weighted by molar-refractivity contribution is 6.21. The van der Waals surface area contributed by atoms with E-state index in [1.165, 1.54) is 17.7 Å². The number of carbonyl (C=O) groups excluding carboxylic acids is 2. The van der Waals surface area contributed by atoms with Crippen LogP contribution in [-0.4, -0.2) is 30.1 Å². The molecule has 0 spiro atoms. The molecular weight excluding hydrogens is 498 g/mol. The number of rotatable bonds is 4. The number of non-ortho nitro benzene ring substituents is 1. The highest BCUT2D eigenvalue weighted by Crippen LogP contribution is 2.47. The van der Waals surface area contributed by atoms with Crippen LogP contribution < -0.4 is 9.47 Å². The molecule has 1 atom stereocenters. The van der Waals surface area contributed by atoms with E-state index in [1.807, 2.05) is 19.1 Å². The van der Waals surface area contributed by atoms with Crippen molar-refractivity contribution in [3.05, 3.63) is 87.0 Å². The van der Waals surface area contributed by atoms with E-state index >= 15 is 0 Å². The first-order valence-electron chi connectivity index (χ1n) is 13.0. The zero-order valence-electron chi connectivity index (χ0n) is 21.9. The van der Waals surface area contributed by atoms with Gasteiger partial charge >= 0.3 is 5.97 Å². The van der Waals surface area contributed by atoms with Crippen molar-refractivity contribution < 1.29 is 28.7 Å². The second-order valence-corrected chi connectivity index (χ2v) is 9.97. The van der Waals surface area contributed by atoms with Crippen molar-refractivity contribution in [3.63, 3.8) is 0 Å². The van der Waals surface area contributed by atoms with Crippen molar-refractivity contribution >= 4 is 39.5 Å². The maximum Gasteiger partial charge on any atom is 0.339 e. The average Bonchev–Trinajstić information content (AvgIpc) is 3.39. The van der Waals surface area contributed by atoms with Gasteiger partial charge in [-0.15, -0.1) is 0 Å². The predicted molar refractivity (Wildman–Crippen MR) is 148 cm³/mol. The molecule has 1 aliphatic heterocycles. The molecule has 0 saturated heterocycles. The van der Waals surface area contributed by atoms with Gasteiger partial charge in [-0.1, -0.05) is 47.6 Å². The van der Waals surface area contributed by atoms with Gasteiger partial charge in [0.05, 0.1) is 15.9 Å². The number of hydrogen-bond donors (Lipinski definition) is 0. The summed E-state index contributed by atoms with van der Waals surface area (Å²) >= 11 is 0. The lowest BCUT2D eigenvalue weighted by atomic mass is 9.95. The van der Waals surface area contributed by atoms with E-state index in [9.17, 15) is 19.7 Å². The van der Waals surface area contributed by atoms with Gasteiger partial charge in [0.15, 0.2) is 11.5 Å². The van der Waals surface area contributed by atoms with Crippen LogP contribution in [0.2, 0.25) is 0 Å². The Labute approximate surface area is 225 Å². The molecular formula is C31H29NO7. The van der Waals surface area contributed by atoms with Crippen molar-refractivity contribution in [1.82, 2.24) is 0 Å². The minimum atomic E-state index is -0.737. The van der Waals surface area contributed by atoms with Crippen molar-refractivity contribution in [1.29, 1.82) is 0 Å². The number of ether oxygens (including phenoxy) is 3. The van der Waals surface area contributed by atoms with Crippen LogP contribution in [0.5, 0.6) is 11.5 Å². The molecule has 0 fully saturated rings. The van der Waals surface area contributed by atoms with Gasteiger partial charge in [-0.3, -0.25) is 14.9 Å². The summed E-state index contributed by atoms with van der Waals surface area (Å²) in [6.07, 6.45) is 9.43. The summed E-state index contributed by atoms with van der Waals surface area (Å²) in [7, 11) is 0. The van der Waals surface area contributed by atoms with E-state index in [4.69, 9.17) is 14.2 Å². The van der Waals surface area contributed by atoms with Crippen LogP contribution in [-0.2, 0) is 9.53 Å². The summed E-state index contributed by atoms with van der Waals surface area (Å²) in [6, 6.07) is 10.1. The Balaban J connectivity index is 1.63. The maximum absolute atomic E-state index is 13.8. The summed E-state index contributed by atoms with van der Waals surface area (Å²) in [6.45, 7) is 3.99. The number of esters is 1. The Morgan fingerprint density at radius 1 is 1.05 bits per heavy atom. The van der Waals surface area contributed by atoms with Crippen LogP contribution in [0.3, 0.4) is 0 Å². The van der Waals surface area contributed by atoms with Gasteiger partial charge in [0.25, 0.3) is 5.69 Å². The second kappa shape index (κ2) is 11.1. The third-order valence-electron chi connectivity index (χ3n) is 7.15. The van der Waals surface area contributed by atoms with Gasteiger partial charge in [-0.05, 0) is 68.0 Å². The van der Waals surface area contributed by atoms with E-state index in [-0.39, 0.29) is 23.4 Å². The van der Waals surface area contributed by atoms with Crippen LogP contribution in [0, 0.1) is 10.1 Å². The molecule has 8 nitrogen and oxygen atoms in total. The van der Waals surface area contributed by atoms with Gasteiger partial charge in [0.2, 0.25) is 6.79 Å². The van der Waals surface area contributed by atoms with Crippen molar-refractivity contribution in [2.45, 2.75) is 52.1 Å². The summed E-state index contributed by atoms with van der Waals surface area (Å²) in [5.74, 6) is -0.0577. The van der Waals surface area contributed by atoms with E-state index in [0.29, 0.717) is 52.5 Å². The molecule has 0 aromatic heterocycles. The molecule has 200 valence electrons. The first-order valence-corrected chi connectivity index (χ1v) is 13.0. The molecule has 8 heteroatoms. The quantitative estimate of drug-likeness (QED) is 0.0887. The molecule has 0 N–H and O–H groups in total. The number of nitro groups is 1. The number of nitrogens with zero attached hydrogens (tertiary/aromatic N) is 1. The Bertz CT molecular complexity index is 1580. The van der Waals surface area contributed by atoms with Crippen molar-refractivity contribution in [3.8, 4) is 11.5 Å². The molecule has 1 aliphatic carbocycles. The van der Waals surface area contributed by atoms with Gasteiger partial charge < -0.3 is 14.2 Å². The molecule has 0 radical (unpaired) electrons. The molecule has 5 rings (SSSR count). The number of benzene rings is 3. The number of carbonyl (C=O) groups is 2. The highest BCUT2D eigenvalue weighted by atomic mass is 16.7. The topological polar surface area (TPSA) is 105 Å². The lowest BCUT2D eigenvalue weighted by Gasteiger charge is -2.18. The normalized spacial score (nSPS) is 21.9. The largest absolute Gasteiger partial charge is 0.454 e. The molecule has 1 heterocycles. The summed E-state index contributed by atoms with van der Waals surface area (Å²) in [5.41, 5.74) is 2.62. The summed E-state index contributed by atoms with van der Waals surface area (Å²) in [5, 5.41) is 14.1. The van der Waals surface area contributed by atoms with Crippen LogP contribution in [0.1, 0.15) is 56.3 Å². The second-order valence-electron chi connectivity index (χ2n) is 9.97. The molecule has 3 aromatic rings. The van der Waals surface area contributed by atoms with Gasteiger partial charge in [0, 0.05) is 17.9 Å². The lowest BCUT2D eigenvalue weighted by molar-refractivity contribution is -0.383. The third kappa shape index (κ3) is 5.41. The number of allylic oxidation sites excluding steroid dienone is 4. The minimum Gasteiger partial charge on any atom is -0.454 e. The van der Waals surface area contributed by atoms with Crippen molar-refractivity contribution in [2.75, 3.05) is 6.79 Å². The fourth-order valence-corrected chi connectivity index (χ4v) is 5.23. The van der Waals surface area contributed by atoms with Gasteiger partial charge in [-0.25, -0.2) is 4.79 Å². The van der Waals surface area contributed by atoms with Gasteiger partial charge in [-0.2, -0.15) is 0 Å². The first-order chi connectivity index (χ1) is 18.9. The predicted octanol–water partition coefficient (Wildman–Crippen LogP) is 7.14. The molecule has 2 aliphatic rings. The number of nitro benzene ring substituents is 1. The molecule has 0 bridgehead atoms. The third-order valence-corrected chi connectivity index (χ3v) is 7.15. The van der Waals surface area contributed by atoms with E-state index in [1.54, 1.807) is 18.2 Å². The zero-order valence-corrected chi connectivity index (χ0v) is 21.9. The van der Waals surface area contributed by atoms with E-state index in [0.717, 1.165) is 24.7 Å². The standard InChI is InChI=1S/C31H29NO7/c1-19-7-5-9-20(2)13-23(14-21(17-33)10-6-8-19)39-31(34)25-16-27-30(38-18-37-27)29-24-12-4-3-11-22(24)15-26(28(25)29)32(35)36/h3-4,8-9,11-12,14-17,23H,5-7,10,13,18H2,1-2H3/b19-8+,20-9+,21-14+/t23-/m1/s1. The summed E-state index contributed by atoms with van der Waals surface area (Å²) < 4.78 is 17.3. The number of hydrogen-bond acceptors (Lipinski definition) is 7. The Morgan fingerprint density at radius 3 is 2.62 bits per heavy atom. The lowest BCUT2D eigenvalue weighted by Crippen LogP contribution is -2.18. The van der Waals surface area contributed by atoms with E-state index in [2.05, 4.69) is 19.1 Å². The fraction of sp³-hybridized carbons (Fsp3) is 0.290. The Kier molecular flexibility index (Phi) is 7.45. The van der Waals surface area contributed by atoms with Crippen LogP contribution in [0.15, 0.2) is 71.3 Å².